The van der Waals surface area contributed by atoms with Crippen LogP contribution in [0.5, 0.6) is 5.75 Å². The molecule has 110 valence electrons. The summed E-state index contributed by atoms with van der Waals surface area (Å²) in [5.74, 6) is -4.13. The number of benzene rings is 2. The Morgan fingerprint density at radius 2 is 1.76 bits per heavy atom. The molecule has 6 heteroatoms. The van der Waals surface area contributed by atoms with Gasteiger partial charge in [0.15, 0.2) is 12.4 Å². The fourth-order valence-electron chi connectivity index (χ4n) is 1.84. The minimum atomic E-state index is -3.21. The molecule has 1 amide bonds. The van der Waals surface area contributed by atoms with E-state index >= 15 is 0 Å². The third kappa shape index (κ3) is 3.28. The van der Waals surface area contributed by atoms with Crippen molar-refractivity contribution in [3.05, 3.63) is 59.7 Å². The number of carbonyl (C=O) groups is 1. The van der Waals surface area contributed by atoms with Gasteiger partial charge < -0.3 is 16.2 Å². The topological polar surface area (TPSA) is 78.3 Å². The van der Waals surface area contributed by atoms with Gasteiger partial charge in [-0.05, 0) is 12.1 Å². The molecule has 0 saturated carbocycles. The molecular formula is C15H14F2N2O2. The van der Waals surface area contributed by atoms with Gasteiger partial charge >= 0.3 is 5.92 Å². The summed E-state index contributed by atoms with van der Waals surface area (Å²) in [5.41, 5.74) is 10.7. The van der Waals surface area contributed by atoms with E-state index in [1.165, 1.54) is 42.5 Å². The zero-order valence-corrected chi connectivity index (χ0v) is 11.1. The number of halogens is 2. The number of carbonyl (C=O) groups excluding carboxylic acids is 1. The van der Waals surface area contributed by atoms with E-state index in [1.807, 2.05) is 0 Å². The smallest absolute Gasteiger partial charge is 0.306 e. The summed E-state index contributed by atoms with van der Waals surface area (Å²) < 4.78 is 33.1. The second-order valence-corrected chi connectivity index (χ2v) is 4.45. The molecule has 0 heterocycles. The van der Waals surface area contributed by atoms with Gasteiger partial charge in [0, 0.05) is 5.56 Å². The first-order valence-corrected chi connectivity index (χ1v) is 6.16. The zero-order valence-electron chi connectivity index (χ0n) is 11.1. The largest absolute Gasteiger partial charge is 0.484 e. The number of ether oxygens (including phenoxy) is 1. The van der Waals surface area contributed by atoms with Gasteiger partial charge in [-0.15, -0.1) is 0 Å². The van der Waals surface area contributed by atoms with Crippen LogP contribution in [-0.2, 0) is 5.92 Å². The summed E-state index contributed by atoms with van der Waals surface area (Å²) in [6.45, 7) is -0.939. The van der Waals surface area contributed by atoms with Crippen molar-refractivity contribution < 1.29 is 18.3 Å². The van der Waals surface area contributed by atoms with Gasteiger partial charge in [0.1, 0.15) is 0 Å². The summed E-state index contributed by atoms with van der Waals surface area (Å²) in [6, 6.07) is 11.6. The van der Waals surface area contributed by atoms with Crippen molar-refractivity contribution >= 4 is 11.6 Å². The van der Waals surface area contributed by atoms with E-state index in [-0.39, 0.29) is 22.6 Å². The van der Waals surface area contributed by atoms with Crippen molar-refractivity contribution in [1.29, 1.82) is 0 Å². The van der Waals surface area contributed by atoms with Crippen LogP contribution in [-0.4, -0.2) is 12.5 Å². The predicted molar refractivity (Wildman–Crippen MR) is 75.2 cm³/mol. The summed E-state index contributed by atoms with van der Waals surface area (Å²) in [4.78, 5) is 11.3. The highest BCUT2D eigenvalue weighted by molar-refractivity contribution is 5.97. The number of anilines is 1. The monoisotopic (exact) mass is 292 g/mol. The maximum atomic E-state index is 14.0. The summed E-state index contributed by atoms with van der Waals surface area (Å²) in [6.07, 6.45) is 0. The fourth-order valence-corrected chi connectivity index (χ4v) is 1.84. The summed E-state index contributed by atoms with van der Waals surface area (Å²) in [5, 5.41) is 0. The Balaban J connectivity index is 2.22. The van der Waals surface area contributed by atoms with Crippen molar-refractivity contribution in [3.8, 4) is 5.75 Å². The van der Waals surface area contributed by atoms with Gasteiger partial charge in [0.05, 0.1) is 11.3 Å². The van der Waals surface area contributed by atoms with Crippen molar-refractivity contribution in [2.75, 3.05) is 12.3 Å². The first-order chi connectivity index (χ1) is 9.92. The van der Waals surface area contributed by atoms with Crippen molar-refractivity contribution in [3.63, 3.8) is 0 Å². The number of nitrogen functional groups attached to an aromatic ring is 1. The first-order valence-electron chi connectivity index (χ1n) is 6.16. The fraction of sp³-hybridized carbons (Fsp3) is 0.133. The highest BCUT2D eigenvalue weighted by Gasteiger charge is 2.33. The molecule has 2 aromatic carbocycles. The van der Waals surface area contributed by atoms with Crippen LogP contribution in [0.3, 0.4) is 0 Å². The summed E-state index contributed by atoms with van der Waals surface area (Å²) in [7, 11) is 0. The van der Waals surface area contributed by atoms with Crippen LogP contribution in [0.1, 0.15) is 15.9 Å². The highest BCUT2D eigenvalue weighted by atomic mass is 19.3. The van der Waals surface area contributed by atoms with Crippen molar-refractivity contribution in [2.45, 2.75) is 5.92 Å². The minimum Gasteiger partial charge on any atom is -0.484 e. The molecule has 0 aromatic heterocycles. The van der Waals surface area contributed by atoms with Gasteiger partial charge in [0.2, 0.25) is 0 Å². The molecule has 4 nitrogen and oxygen atoms in total. The molecule has 0 aliphatic rings. The Labute approximate surface area is 120 Å². The lowest BCUT2D eigenvalue weighted by Gasteiger charge is -2.19. The van der Waals surface area contributed by atoms with E-state index in [2.05, 4.69) is 0 Å². The number of para-hydroxylation sites is 1. The van der Waals surface area contributed by atoms with Crippen LogP contribution in [0.25, 0.3) is 0 Å². The molecule has 0 aliphatic heterocycles. The van der Waals surface area contributed by atoms with Crippen molar-refractivity contribution in [2.24, 2.45) is 5.73 Å². The molecule has 0 aliphatic carbocycles. The van der Waals surface area contributed by atoms with E-state index < -0.39 is 18.4 Å². The molecule has 0 bridgehead atoms. The molecule has 2 aromatic rings. The Bertz CT molecular complexity index is 645. The van der Waals surface area contributed by atoms with Gasteiger partial charge in [0.25, 0.3) is 5.91 Å². The van der Waals surface area contributed by atoms with E-state index in [9.17, 15) is 13.6 Å². The molecular weight excluding hydrogens is 278 g/mol. The normalized spacial score (nSPS) is 11.1. The van der Waals surface area contributed by atoms with E-state index in [1.54, 1.807) is 6.07 Å². The van der Waals surface area contributed by atoms with E-state index in [4.69, 9.17) is 16.2 Å². The number of amides is 1. The minimum absolute atomic E-state index is 0.0288. The van der Waals surface area contributed by atoms with Crippen LogP contribution in [0.2, 0.25) is 0 Å². The number of nitrogens with two attached hydrogens (primary N) is 2. The Kier molecular flexibility index (Phi) is 4.07. The van der Waals surface area contributed by atoms with Crippen LogP contribution >= 0.6 is 0 Å². The lowest BCUT2D eigenvalue weighted by molar-refractivity contribution is -0.0466. The van der Waals surface area contributed by atoms with Gasteiger partial charge in [-0.1, -0.05) is 36.4 Å². The number of hydrogen-bond acceptors (Lipinski definition) is 3. The number of rotatable bonds is 5. The Hall–Kier alpha value is -2.63. The lowest BCUT2D eigenvalue weighted by Crippen LogP contribution is -2.24. The van der Waals surface area contributed by atoms with Crippen LogP contribution in [0.4, 0.5) is 14.5 Å². The van der Waals surface area contributed by atoms with Gasteiger partial charge in [-0.3, -0.25) is 4.79 Å². The van der Waals surface area contributed by atoms with E-state index in [0.29, 0.717) is 0 Å². The second kappa shape index (κ2) is 5.78. The molecule has 0 atom stereocenters. The zero-order chi connectivity index (χ0) is 15.5. The third-order valence-electron chi connectivity index (χ3n) is 2.90. The van der Waals surface area contributed by atoms with Gasteiger partial charge in [-0.2, -0.15) is 8.78 Å². The van der Waals surface area contributed by atoms with Crippen molar-refractivity contribution in [1.82, 2.24) is 0 Å². The average molecular weight is 292 g/mol. The molecule has 0 fully saturated rings. The molecule has 0 spiro atoms. The third-order valence-corrected chi connectivity index (χ3v) is 2.90. The van der Waals surface area contributed by atoms with Crippen LogP contribution < -0.4 is 16.2 Å². The van der Waals surface area contributed by atoms with Gasteiger partial charge in [-0.25, -0.2) is 0 Å². The lowest BCUT2D eigenvalue weighted by atomic mass is 10.1. The number of alkyl halides is 2. The SMILES string of the molecule is NC(=O)c1cccc(N)c1OCC(F)(F)c1ccccc1. The molecule has 0 radical (unpaired) electrons. The maximum absolute atomic E-state index is 14.0. The standard InChI is InChI=1S/C15H14F2N2O2/c16-15(17,10-5-2-1-3-6-10)9-21-13-11(14(19)20)7-4-8-12(13)18/h1-8H,9,18H2,(H2,19,20). The first kappa shape index (κ1) is 14.8. The summed E-state index contributed by atoms with van der Waals surface area (Å²) >= 11 is 0. The highest BCUT2D eigenvalue weighted by Crippen LogP contribution is 2.32. The maximum Gasteiger partial charge on any atom is 0.306 e. The number of hydrogen-bond donors (Lipinski definition) is 2. The molecule has 0 unspecified atom stereocenters. The van der Waals surface area contributed by atoms with Crippen LogP contribution in [0.15, 0.2) is 48.5 Å². The molecule has 2 rings (SSSR count). The number of primary amides is 1. The average Bonchev–Trinajstić information content (AvgIpc) is 2.46. The Morgan fingerprint density at radius 1 is 1.10 bits per heavy atom. The second-order valence-electron chi connectivity index (χ2n) is 4.45. The quantitative estimate of drug-likeness (QED) is 0.831. The molecule has 0 saturated heterocycles. The molecule has 4 N–H and O–H groups in total. The predicted octanol–water partition coefficient (Wildman–Crippen LogP) is 2.54. The van der Waals surface area contributed by atoms with E-state index in [0.717, 1.165) is 0 Å². The Morgan fingerprint density at radius 3 is 2.38 bits per heavy atom. The van der Waals surface area contributed by atoms with Crippen LogP contribution in [0, 0.1) is 0 Å². The molecule has 21 heavy (non-hydrogen) atoms.